The van der Waals surface area contributed by atoms with Crippen molar-refractivity contribution in [3.63, 3.8) is 0 Å². The fourth-order valence-corrected chi connectivity index (χ4v) is 6.15. The summed E-state index contributed by atoms with van der Waals surface area (Å²) in [5, 5.41) is 1.39. The molecule has 1 rings (SSSR count). The summed E-state index contributed by atoms with van der Waals surface area (Å²) in [4.78, 5) is 0. The van der Waals surface area contributed by atoms with Gasteiger partial charge in [0.15, 0.2) is 0 Å². The fourth-order valence-electron chi connectivity index (χ4n) is 2.39. The van der Waals surface area contributed by atoms with E-state index in [-0.39, 0.29) is 0 Å². The van der Waals surface area contributed by atoms with Crippen LogP contribution in [0.2, 0.25) is 18.1 Å². The van der Waals surface area contributed by atoms with Gasteiger partial charge >= 0.3 is 0 Å². The van der Waals surface area contributed by atoms with Crippen LogP contribution in [0.25, 0.3) is 0 Å². The van der Waals surface area contributed by atoms with E-state index >= 15 is 0 Å². The van der Waals surface area contributed by atoms with Crippen LogP contribution in [-0.4, -0.2) is 15.2 Å². The van der Waals surface area contributed by atoms with Gasteiger partial charge in [0.25, 0.3) is 0 Å². The molecule has 0 atom stereocenters. The maximum Gasteiger partial charge on any atom is 0.118 e. The molecule has 0 saturated carbocycles. The minimum absolute atomic E-state index is 0.918. The van der Waals surface area contributed by atoms with E-state index in [1.165, 1.54) is 5.19 Å². The van der Waals surface area contributed by atoms with Gasteiger partial charge in [-0.3, -0.25) is 0 Å². The molecule has 1 nitrogen and oxygen atoms in total. The first-order valence-corrected chi connectivity index (χ1v) is 8.82. The Bertz CT molecular complexity index is 396. The summed E-state index contributed by atoms with van der Waals surface area (Å²) in [6.45, 7) is 11.7. The average molecular weight is 258 g/mol. The smallest absolute Gasteiger partial charge is 0.118 e. The highest BCUT2D eigenvalue weighted by Gasteiger charge is 2.31. The quantitative estimate of drug-likeness (QED) is 0.507. The minimum Gasteiger partial charge on any atom is -0.497 e. The summed E-state index contributed by atoms with van der Waals surface area (Å²) in [6.07, 6.45) is 6.08. The van der Waals surface area contributed by atoms with Gasteiger partial charge in [-0.25, -0.2) is 0 Å². The molecule has 1 aromatic rings. The van der Waals surface area contributed by atoms with Gasteiger partial charge in [0, 0.05) is 0 Å². The Morgan fingerprint density at radius 3 is 2.06 bits per heavy atom. The largest absolute Gasteiger partial charge is 0.497 e. The van der Waals surface area contributed by atoms with E-state index in [4.69, 9.17) is 4.74 Å². The van der Waals surface area contributed by atoms with E-state index in [0.29, 0.717) is 0 Å². The van der Waals surface area contributed by atoms with E-state index in [9.17, 15) is 0 Å². The van der Waals surface area contributed by atoms with Gasteiger partial charge < -0.3 is 4.74 Å². The first kappa shape index (κ1) is 14.5. The molecule has 0 spiro atoms. The fraction of sp³-hybridized carbons (Fsp3) is 0.250. The second-order valence-corrected chi connectivity index (χ2v) is 8.85. The summed E-state index contributed by atoms with van der Waals surface area (Å²) in [7, 11) is 0.0518. The zero-order chi connectivity index (χ0) is 13.4. The lowest BCUT2D eigenvalue weighted by molar-refractivity contribution is 0.415. The molecule has 0 aliphatic heterocycles. The van der Waals surface area contributed by atoms with Gasteiger partial charge in [-0.2, -0.15) is 0 Å². The van der Waals surface area contributed by atoms with Crippen LogP contribution in [-0.2, 0) is 0 Å². The first-order chi connectivity index (χ1) is 8.72. The van der Waals surface area contributed by atoms with E-state index in [1.54, 1.807) is 7.11 Å². The normalized spacial score (nSPS) is 10.7. The third-order valence-electron chi connectivity index (χ3n) is 3.29. The molecule has 0 saturated heterocycles. The molecule has 0 bridgehead atoms. The Morgan fingerprint density at radius 2 is 1.61 bits per heavy atom. The molecular formula is C16H22OSi. The zero-order valence-electron chi connectivity index (χ0n) is 11.2. The SMILES string of the molecule is C=CC[Si](CC=C)(CC=C)c1cccc(OC)c1. The van der Waals surface area contributed by atoms with Crippen molar-refractivity contribution < 1.29 is 4.74 Å². The van der Waals surface area contributed by atoms with Crippen molar-refractivity contribution in [2.45, 2.75) is 18.1 Å². The first-order valence-electron chi connectivity index (χ1n) is 6.19. The van der Waals surface area contributed by atoms with E-state index in [2.05, 4.69) is 37.9 Å². The minimum atomic E-state index is -1.65. The Hall–Kier alpha value is -1.54. The highest BCUT2D eigenvalue weighted by Crippen LogP contribution is 2.24. The number of methoxy groups -OCH3 is 1. The molecule has 0 fully saturated rings. The monoisotopic (exact) mass is 258 g/mol. The third kappa shape index (κ3) is 3.23. The van der Waals surface area contributed by atoms with Crippen molar-refractivity contribution in [1.82, 2.24) is 0 Å². The second kappa shape index (κ2) is 7.02. The molecule has 0 amide bonds. The molecule has 0 unspecified atom stereocenters. The number of allylic oxidation sites excluding steroid dienone is 3. The molecule has 0 aromatic heterocycles. The van der Waals surface area contributed by atoms with Crippen LogP contribution in [0.15, 0.2) is 62.2 Å². The lowest BCUT2D eigenvalue weighted by atomic mass is 10.3. The van der Waals surface area contributed by atoms with Crippen LogP contribution < -0.4 is 9.92 Å². The Balaban J connectivity index is 3.23. The Kier molecular flexibility index (Phi) is 5.66. The van der Waals surface area contributed by atoms with Crippen molar-refractivity contribution in [2.24, 2.45) is 0 Å². The predicted molar refractivity (Wildman–Crippen MR) is 83.4 cm³/mol. The molecule has 18 heavy (non-hydrogen) atoms. The molecule has 0 aliphatic carbocycles. The van der Waals surface area contributed by atoms with Gasteiger partial charge in [0.1, 0.15) is 5.75 Å². The van der Waals surface area contributed by atoms with Gasteiger partial charge in [-0.15, -0.1) is 19.7 Å². The summed E-state index contributed by atoms with van der Waals surface area (Å²) < 4.78 is 5.33. The van der Waals surface area contributed by atoms with Crippen molar-refractivity contribution >= 4 is 13.3 Å². The number of benzene rings is 1. The lowest BCUT2D eigenvalue weighted by Crippen LogP contribution is -2.46. The summed E-state index contributed by atoms with van der Waals surface area (Å²) >= 11 is 0. The average Bonchev–Trinajstić information content (AvgIpc) is 2.39. The molecule has 0 aliphatic rings. The van der Waals surface area contributed by atoms with Crippen LogP contribution in [0.4, 0.5) is 0 Å². The predicted octanol–water partition coefficient (Wildman–Crippen LogP) is 3.91. The molecule has 1 aromatic carbocycles. The number of ether oxygens (including phenoxy) is 1. The van der Waals surface area contributed by atoms with E-state index < -0.39 is 8.07 Å². The Morgan fingerprint density at radius 1 is 1.06 bits per heavy atom. The zero-order valence-corrected chi connectivity index (χ0v) is 12.2. The van der Waals surface area contributed by atoms with Gasteiger partial charge in [-0.05, 0) is 30.3 Å². The van der Waals surface area contributed by atoms with Gasteiger partial charge in [-0.1, -0.05) is 35.5 Å². The maximum atomic E-state index is 5.33. The number of rotatable bonds is 8. The van der Waals surface area contributed by atoms with Crippen LogP contribution >= 0.6 is 0 Å². The number of hydrogen-bond acceptors (Lipinski definition) is 1. The standard InChI is InChI=1S/C16H22OSi/c1-5-11-18(12-6-2,13-7-3)16-10-8-9-15(14-16)17-4/h5-10,14H,1-3,11-13H2,4H3. The van der Waals surface area contributed by atoms with E-state index in [1.807, 2.05) is 24.3 Å². The van der Waals surface area contributed by atoms with Gasteiger partial charge in [0.2, 0.25) is 0 Å². The van der Waals surface area contributed by atoms with E-state index in [0.717, 1.165) is 23.9 Å². The lowest BCUT2D eigenvalue weighted by Gasteiger charge is -2.29. The van der Waals surface area contributed by atoms with Crippen molar-refractivity contribution in [2.75, 3.05) is 7.11 Å². The van der Waals surface area contributed by atoms with Gasteiger partial charge in [0.05, 0.1) is 15.2 Å². The highest BCUT2D eigenvalue weighted by molar-refractivity contribution is 6.92. The molecule has 2 heteroatoms. The summed E-state index contributed by atoms with van der Waals surface area (Å²) in [6, 6.07) is 11.5. The van der Waals surface area contributed by atoms with Crippen LogP contribution in [0.5, 0.6) is 5.75 Å². The van der Waals surface area contributed by atoms with Crippen LogP contribution in [0.1, 0.15) is 0 Å². The molecule has 0 heterocycles. The van der Waals surface area contributed by atoms with Crippen LogP contribution in [0.3, 0.4) is 0 Å². The summed E-state index contributed by atoms with van der Waals surface area (Å²) in [5.74, 6) is 0.918. The van der Waals surface area contributed by atoms with Crippen molar-refractivity contribution in [3.8, 4) is 5.75 Å². The third-order valence-corrected chi connectivity index (χ3v) is 8.03. The summed E-state index contributed by atoms with van der Waals surface area (Å²) in [5.41, 5.74) is 0. The topological polar surface area (TPSA) is 9.23 Å². The number of hydrogen-bond donors (Lipinski definition) is 0. The molecular weight excluding hydrogens is 236 g/mol. The van der Waals surface area contributed by atoms with Crippen LogP contribution in [0, 0.1) is 0 Å². The Labute approximate surface area is 112 Å². The maximum absolute atomic E-state index is 5.33. The molecule has 0 N–H and O–H groups in total. The second-order valence-electron chi connectivity index (χ2n) is 4.49. The van der Waals surface area contributed by atoms with Crippen molar-refractivity contribution in [3.05, 3.63) is 62.2 Å². The molecule has 96 valence electrons. The van der Waals surface area contributed by atoms with Crippen molar-refractivity contribution in [1.29, 1.82) is 0 Å². The molecule has 0 radical (unpaired) electrons. The highest BCUT2D eigenvalue weighted by atomic mass is 28.3.